The van der Waals surface area contributed by atoms with Crippen LogP contribution in [0, 0.1) is 13.8 Å². The van der Waals surface area contributed by atoms with Gasteiger partial charge in [-0.25, -0.2) is 17.9 Å². The van der Waals surface area contributed by atoms with Gasteiger partial charge in [0.05, 0.1) is 17.6 Å². The number of nitrogens with zero attached hydrogens (tertiary/aromatic N) is 4. The van der Waals surface area contributed by atoms with E-state index in [4.69, 9.17) is 0 Å². The van der Waals surface area contributed by atoms with Gasteiger partial charge in [-0.15, -0.1) is 5.10 Å². The van der Waals surface area contributed by atoms with Crippen LogP contribution in [0.3, 0.4) is 0 Å². The van der Waals surface area contributed by atoms with E-state index in [0.717, 1.165) is 11.1 Å². The van der Waals surface area contributed by atoms with Crippen LogP contribution in [0.1, 0.15) is 30.0 Å². The predicted molar refractivity (Wildman–Crippen MR) is 110 cm³/mol. The first-order valence-corrected chi connectivity index (χ1v) is 9.79. The second-order valence-electron chi connectivity index (χ2n) is 7.88. The summed E-state index contributed by atoms with van der Waals surface area (Å²) in [5, 5.41) is 7.71. The highest BCUT2D eigenvalue weighted by atomic mass is 19.3. The predicted octanol–water partition coefficient (Wildman–Crippen LogP) is 4.17. The zero-order chi connectivity index (χ0) is 21.1. The van der Waals surface area contributed by atoms with E-state index in [1.54, 1.807) is 16.9 Å². The molecule has 1 aromatic heterocycles. The van der Waals surface area contributed by atoms with E-state index in [9.17, 15) is 13.2 Å². The Balaban J connectivity index is 1.80. The van der Waals surface area contributed by atoms with Crippen LogP contribution in [-0.4, -0.2) is 59.3 Å². The molecule has 1 aromatic carbocycles. The number of aryl methyl sites for hydroxylation is 2. The standard InChI is InChI=1S/C21H28F3N5/c1-13-5-6-19(16(7-13)8-20(23)24)29-10-14(2)21(27-29)26-15(3)25-18-9-17(22)11-28(4)12-18/h5-7,10,17-18,20H,8-9,11-12H2,1-4H3,(H,25,26,27)/t17-,18?/m1/s1. The number of alkyl halides is 3. The normalized spacial score (nSPS) is 21.0. The van der Waals surface area contributed by atoms with E-state index in [0.29, 0.717) is 42.4 Å². The molecule has 2 aromatic rings. The smallest absolute Gasteiger partial charge is 0.242 e. The largest absolute Gasteiger partial charge is 0.327 e. The number of nitrogens with one attached hydrogen (secondary N) is 1. The Morgan fingerprint density at radius 2 is 2.07 bits per heavy atom. The quantitative estimate of drug-likeness (QED) is 0.598. The summed E-state index contributed by atoms with van der Waals surface area (Å²) in [5.74, 6) is 1.26. The van der Waals surface area contributed by atoms with Gasteiger partial charge >= 0.3 is 0 Å². The SMILES string of the molecule is CC(=NC1C[C@@H](F)CN(C)C1)Nc1nn(-c2ccc(C)cc2CC(F)F)cc1C. The Bertz CT molecular complexity index is 867. The third-order valence-corrected chi connectivity index (χ3v) is 4.99. The van der Waals surface area contributed by atoms with Crippen molar-refractivity contribution >= 4 is 11.7 Å². The molecule has 1 fully saturated rings. The van der Waals surface area contributed by atoms with Gasteiger partial charge < -0.3 is 10.2 Å². The molecule has 0 bridgehead atoms. The number of hydrogen-bond acceptors (Lipinski definition) is 3. The maximum Gasteiger partial charge on any atom is 0.242 e. The van der Waals surface area contributed by atoms with Gasteiger partial charge in [0.2, 0.25) is 6.43 Å². The average molecular weight is 407 g/mol. The topological polar surface area (TPSA) is 45.4 Å². The van der Waals surface area contributed by atoms with Gasteiger partial charge in [-0.2, -0.15) is 0 Å². The minimum Gasteiger partial charge on any atom is -0.327 e. The average Bonchev–Trinajstić information content (AvgIpc) is 2.93. The fourth-order valence-electron chi connectivity index (χ4n) is 3.76. The number of aliphatic imine (C=N–C) groups is 1. The highest BCUT2D eigenvalue weighted by molar-refractivity contribution is 5.93. The van der Waals surface area contributed by atoms with Crippen LogP contribution in [0.4, 0.5) is 19.0 Å². The number of aromatic nitrogens is 2. The second kappa shape index (κ2) is 8.98. The van der Waals surface area contributed by atoms with Gasteiger partial charge in [-0.05, 0) is 39.4 Å². The molecule has 2 heterocycles. The highest BCUT2D eigenvalue weighted by Crippen LogP contribution is 2.23. The van der Waals surface area contributed by atoms with Crippen molar-refractivity contribution in [2.45, 2.75) is 52.3 Å². The molecule has 8 heteroatoms. The Kier molecular flexibility index (Phi) is 6.62. The van der Waals surface area contributed by atoms with E-state index in [1.165, 1.54) is 0 Å². The molecule has 0 saturated carbocycles. The fourth-order valence-corrected chi connectivity index (χ4v) is 3.76. The van der Waals surface area contributed by atoms with Crippen LogP contribution >= 0.6 is 0 Å². The summed E-state index contributed by atoms with van der Waals surface area (Å²) in [7, 11) is 1.89. The summed E-state index contributed by atoms with van der Waals surface area (Å²) >= 11 is 0. The lowest BCUT2D eigenvalue weighted by molar-refractivity contribution is 0.148. The van der Waals surface area contributed by atoms with Crippen LogP contribution in [0.25, 0.3) is 5.69 Å². The lowest BCUT2D eigenvalue weighted by Gasteiger charge is -2.30. The summed E-state index contributed by atoms with van der Waals surface area (Å²) < 4.78 is 41.4. The molecule has 1 unspecified atom stereocenters. The number of halogens is 3. The lowest BCUT2D eigenvalue weighted by Crippen LogP contribution is -2.41. The molecule has 1 aliphatic heterocycles. The Morgan fingerprint density at radius 1 is 1.31 bits per heavy atom. The Morgan fingerprint density at radius 3 is 2.76 bits per heavy atom. The monoisotopic (exact) mass is 407 g/mol. The van der Waals surface area contributed by atoms with Crippen LogP contribution in [0.2, 0.25) is 0 Å². The molecule has 1 aliphatic rings. The number of benzene rings is 1. The van der Waals surface area contributed by atoms with Crippen molar-refractivity contribution < 1.29 is 13.2 Å². The van der Waals surface area contributed by atoms with Gasteiger partial charge in [0.15, 0.2) is 5.82 Å². The van der Waals surface area contributed by atoms with Crippen molar-refractivity contribution in [3.63, 3.8) is 0 Å². The second-order valence-corrected chi connectivity index (χ2v) is 7.88. The first-order valence-electron chi connectivity index (χ1n) is 9.79. The van der Waals surface area contributed by atoms with Gasteiger partial charge in [0, 0.05) is 37.7 Å². The summed E-state index contributed by atoms with van der Waals surface area (Å²) in [5.41, 5.74) is 2.99. The summed E-state index contributed by atoms with van der Waals surface area (Å²) in [6.45, 7) is 6.76. The Labute approximate surface area is 169 Å². The van der Waals surface area contributed by atoms with E-state index in [2.05, 4.69) is 15.4 Å². The first kappa shape index (κ1) is 21.4. The number of hydrogen-bond donors (Lipinski definition) is 1. The molecular weight excluding hydrogens is 379 g/mol. The fraction of sp³-hybridized carbons (Fsp3) is 0.524. The van der Waals surface area contributed by atoms with Crippen LogP contribution < -0.4 is 5.32 Å². The minimum absolute atomic E-state index is 0.103. The number of piperidine rings is 1. The molecule has 0 amide bonds. The molecule has 1 N–H and O–H groups in total. The lowest BCUT2D eigenvalue weighted by atomic mass is 10.1. The number of rotatable bonds is 5. The van der Waals surface area contributed by atoms with Crippen LogP contribution in [-0.2, 0) is 6.42 Å². The molecule has 1 saturated heterocycles. The summed E-state index contributed by atoms with van der Waals surface area (Å²) in [4.78, 5) is 6.54. The number of amidine groups is 1. The molecule has 0 spiro atoms. The zero-order valence-corrected chi connectivity index (χ0v) is 17.3. The molecule has 0 radical (unpaired) electrons. The van der Waals surface area contributed by atoms with Gasteiger partial charge in [-0.3, -0.25) is 4.99 Å². The number of anilines is 1. The van der Waals surface area contributed by atoms with Crippen molar-refractivity contribution in [1.82, 2.24) is 14.7 Å². The third kappa shape index (κ3) is 5.59. The van der Waals surface area contributed by atoms with E-state index >= 15 is 0 Å². The molecular formula is C21H28F3N5. The van der Waals surface area contributed by atoms with E-state index in [1.807, 2.05) is 44.9 Å². The molecule has 5 nitrogen and oxygen atoms in total. The number of likely N-dealkylation sites (N-methyl/N-ethyl adjacent to an activating group) is 1. The molecule has 29 heavy (non-hydrogen) atoms. The summed E-state index contributed by atoms with van der Waals surface area (Å²) in [6.07, 6.45) is -1.39. The van der Waals surface area contributed by atoms with E-state index in [-0.39, 0.29) is 12.5 Å². The van der Waals surface area contributed by atoms with Crippen molar-refractivity contribution in [3.8, 4) is 5.69 Å². The highest BCUT2D eigenvalue weighted by Gasteiger charge is 2.24. The number of likely N-dealkylation sites (tertiary alicyclic amines) is 1. The molecule has 2 atom stereocenters. The molecule has 0 aliphatic carbocycles. The maximum absolute atomic E-state index is 13.8. The Hall–Kier alpha value is -2.35. The van der Waals surface area contributed by atoms with Crippen molar-refractivity contribution in [2.75, 3.05) is 25.5 Å². The third-order valence-electron chi connectivity index (χ3n) is 4.99. The summed E-state index contributed by atoms with van der Waals surface area (Å²) in [6, 6.07) is 5.36. The van der Waals surface area contributed by atoms with E-state index < -0.39 is 12.6 Å². The van der Waals surface area contributed by atoms with Gasteiger partial charge in [0.25, 0.3) is 0 Å². The maximum atomic E-state index is 13.8. The molecule has 3 rings (SSSR count). The van der Waals surface area contributed by atoms with Crippen LogP contribution in [0.15, 0.2) is 29.4 Å². The van der Waals surface area contributed by atoms with Crippen molar-refractivity contribution in [1.29, 1.82) is 0 Å². The van der Waals surface area contributed by atoms with Crippen LogP contribution in [0.5, 0.6) is 0 Å². The molecule has 158 valence electrons. The first-order chi connectivity index (χ1) is 13.7. The van der Waals surface area contributed by atoms with Crippen molar-refractivity contribution in [3.05, 3.63) is 41.1 Å². The minimum atomic E-state index is -2.42. The van der Waals surface area contributed by atoms with Gasteiger partial charge in [-0.1, -0.05) is 17.7 Å². The van der Waals surface area contributed by atoms with Crippen molar-refractivity contribution in [2.24, 2.45) is 4.99 Å². The zero-order valence-electron chi connectivity index (χ0n) is 17.3. The van der Waals surface area contributed by atoms with Gasteiger partial charge in [0.1, 0.15) is 6.17 Å².